The molecule has 0 aliphatic carbocycles. The van der Waals surface area contributed by atoms with Crippen molar-refractivity contribution in [2.24, 2.45) is 4.99 Å². The number of aliphatic imine (C=N–C) groups is 1. The highest BCUT2D eigenvalue weighted by Gasteiger charge is 2.27. The van der Waals surface area contributed by atoms with Crippen molar-refractivity contribution >= 4 is 17.8 Å². The Labute approximate surface area is 148 Å². The minimum absolute atomic E-state index is 0.0571. The number of amides is 2. The van der Waals surface area contributed by atoms with Crippen LogP contribution in [0.3, 0.4) is 0 Å². The van der Waals surface area contributed by atoms with E-state index in [0.29, 0.717) is 38.3 Å². The number of benzene rings is 1. The van der Waals surface area contributed by atoms with Crippen molar-refractivity contribution in [3.63, 3.8) is 0 Å². The van der Waals surface area contributed by atoms with Crippen LogP contribution in [0.15, 0.2) is 35.3 Å². The summed E-state index contributed by atoms with van der Waals surface area (Å²) in [5.41, 5.74) is 1.37. The van der Waals surface area contributed by atoms with Crippen molar-refractivity contribution in [3.8, 4) is 0 Å². The van der Waals surface area contributed by atoms with Crippen molar-refractivity contribution in [1.82, 2.24) is 15.1 Å². The maximum Gasteiger partial charge on any atom is 0.229 e. The average Bonchev–Trinajstić information content (AvgIpc) is 3.11. The zero-order valence-corrected chi connectivity index (χ0v) is 14.8. The molecule has 2 aliphatic rings. The molecule has 2 saturated heterocycles. The monoisotopic (exact) mass is 342 g/mol. The molecule has 6 nitrogen and oxygen atoms in total. The van der Waals surface area contributed by atoms with E-state index in [1.54, 1.807) is 7.05 Å². The molecule has 2 aliphatic heterocycles. The lowest BCUT2D eigenvalue weighted by molar-refractivity contribution is -0.147. The van der Waals surface area contributed by atoms with Crippen LogP contribution in [0.1, 0.15) is 37.2 Å². The Morgan fingerprint density at radius 1 is 1.20 bits per heavy atom. The number of nitrogens with zero attached hydrogens (tertiary/aromatic N) is 3. The number of nitrogens with one attached hydrogen (secondary N) is 1. The van der Waals surface area contributed by atoms with Gasteiger partial charge in [0.25, 0.3) is 0 Å². The minimum atomic E-state index is -0.0571. The van der Waals surface area contributed by atoms with E-state index in [1.165, 1.54) is 10.5 Å². The number of piperidine rings is 1. The zero-order chi connectivity index (χ0) is 17.6. The third kappa shape index (κ3) is 4.18. The normalized spacial score (nSPS) is 21.8. The first-order chi connectivity index (χ1) is 12.2. The van der Waals surface area contributed by atoms with E-state index in [-0.39, 0.29) is 11.8 Å². The second kappa shape index (κ2) is 8.14. The van der Waals surface area contributed by atoms with Gasteiger partial charge in [-0.3, -0.25) is 19.5 Å². The molecule has 3 rings (SSSR count). The van der Waals surface area contributed by atoms with Gasteiger partial charge in [0.15, 0.2) is 5.96 Å². The molecule has 0 spiro atoms. The van der Waals surface area contributed by atoms with Gasteiger partial charge in [-0.1, -0.05) is 30.3 Å². The highest BCUT2D eigenvalue weighted by molar-refractivity contribution is 5.97. The van der Waals surface area contributed by atoms with Crippen molar-refractivity contribution < 1.29 is 9.59 Å². The van der Waals surface area contributed by atoms with Gasteiger partial charge in [-0.15, -0.1) is 0 Å². The lowest BCUT2D eigenvalue weighted by Gasteiger charge is -2.26. The molecule has 2 heterocycles. The second-order valence-electron chi connectivity index (χ2n) is 6.61. The van der Waals surface area contributed by atoms with Gasteiger partial charge in [0.2, 0.25) is 11.8 Å². The van der Waals surface area contributed by atoms with Crippen LogP contribution in [0.25, 0.3) is 0 Å². The summed E-state index contributed by atoms with van der Waals surface area (Å²) >= 11 is 0. The zero-order valence-electron chi connectivity index (χ0n) is 14.8. The molecule has 2 fully saturated rings. The number of carbonyl (C=O) groups excluding carboxylic acids is 2. The van der Waals surface area contributed by atoms with E-state index >= 15 is 0 Å². The SMILES string of the molecule is CN=C(NCCN1C(=O)CCCC1=O)N1CCC(c2ccccc2)C1. The molecule has 6 heteroatoms. The first-order valence-electron chi connectivity index (χ1n) is 9.03. The van der Waals surface area contributed by atoms with Gasteiger partial charge >= 0.3 is 0 Å². The molecule has 1 aromatic rings. The number of likely N-dealkylation sites (tertiary alicyclic amines) is 2. The lowest BCUT2D eigenvalue weighted by Crippen LogP contribution is -2.47. The first kappa shape index (κ1) is 17.5. The topological polar surface area (TPSA) is 65.0 Å². The summed E-state index contributed by atoms with van der Waals surface area (Å²) in [6.07, 6.45) is 2.74. The summed E-state index contributed by atoms with van der Waals surface area (Å²) in [7, 11) is 1.77. The lowest BCUT2D eigenvalue weighted by atomic mass is 9.99. The molecule has 0 radical (unpaired) electrons. The van der Waals surface area contributed by atoms with Gasteiger partial charge in [0.1, 0.15) is 0 Å². The summed E-state index contributed by atoms with van der Waals surface area (Å²) in [5, 5.41) is 3.30. The number of hydrogen-bond donors (Lipinski definition) is 1. The Balaban J connectivity index is 1.50. The fourth-order valence-corrected chi connectivity index (χ4v) is 3.61. The van der Waals surface area contributed by atoms with Crippen molar-refractivity contribution in [2.75, 3.05) is 33.2 Å². The molecular formula is C19H26N4O2. The van der Waals surface area contributed by atoms with Crippen LogP contribution in [-0.4, -0.2) is 60.8 Å². The fourth-order valence-electron chi connectivity index (χ4n) is 3.61. The summed E-state index contributed by atoms with van der Waals surface area (Å²) in [4.78, 5) is 31.7. The van der Waals surface area contributed by atoms with E-state index < -0.39 is 0 Å². The predicted octanol–water partition coefficient (Wildman–Crippen LogP) is 1.59. The van der Waals surface area contributed by atoms with Gasteiger partial charge in [-0.2, -0.15) is 0 Å². The maximum atomic E-state index is 11.8. The van der Waals surface area contributed by atoms with Crippen LogP contribution in [0.4, 0.5) is 0 Å². The van der Waals surface area contributed by atoms with E-state index in [1.807, 2.05) is 6.07 Å². The molecule has 0 bridgehead atoms. The van der Waals surface area contributed by atoms with E-state index in [0.717, 1.165) is 25.5 Å². The third-order valence-corrected chi connectivity index (χ3v) is 4.97. The van der Waals surface area contributed by atoms with E-state index in [4.69, 9.17) is 0 Å². The molecule has 1 aromatic carbocycles. The van der Waals surface area contributed by atoms with Crippen molar-refractivity contribution in [2.45, 2.75) is 31.6 Å². The standard InChI is InChI=1S/C19H26N4O2/c1-20-19(21-11-13-23-17(24)8-5-9-18(23)25)22-12-10-16(14-22)15-6-3-2-4-7-15/h2-4,6-7,16H,5,8-14H2,1H3,(H,20,21). The minimum Gasteiger partial charge on any atom is -0.354 e. The Morgan fingerprint density at radius 3 is 2.60 bits per heavy atom. The van der Waals surface area contributed by atoms with Gasteiger partial charge in [-0.25, -0.2) is 0 Å². The van der Waals surface area contributed by atoms with Gasteiger partial charge in [0.05, 0.1) is 0 Å². The molecule has 0 saturated carbocycles. The highest BCUT2D eigenvalue weighted by Crippen LogP contribution is 2.26. The van der Waals surface area contributed by atoms with Crippen LogP contribution in [0.2, 0.25) is 0 Å². The Hall–Kier alpha value is -2.37. The molecule has 1 N–H and O–H groups in total. The number of carbonyl (C=O) groups is 2. The van der Waals surface area contributed by atoms with E-state index in [2.05, 4.69) is 39.5 Å². The predicted molar refractivity (Wildman–Crippen MR) is 97.3 cm³/mol. The van der Waals surface area contributed by atoms with Crippen LogP contribution in [0.5, 0.6) is 0 Å². The molecule has 1 unspecified atom stereocenters. The quantitative estimate of drug-likeness (QED) is 0.513. The van der Waals surface area contributed by atoms with Crippen LogP contribution in [-0.2, 0) is 9.59 Å². The number of hydrogen-bond acceptors (Lipinski definition) is 3. The Bertz CT molecular complexity index is 628. The number of guanidine groups is 1. The fraction of sp³-hybridized carbons (Fsp3) is 0.526. The van der Waals surface area contributed by atoms with Crippen molar-refractivity contribution in [3.05, 3.63) is 35.9 Å². The van der Waals surface area contributed by atoms with Crippen LogP contribution < -0.4 is 5.32 Å². The van der Waals surface area contributed by atoms with Crippen LogP contribution >= 0.6 is 0 Å². The molecule has 134 valence electrons. The smallest absolute Gasteiger partial charge is 0.229 e. The Morgan fingerprint density at radius 2 is 1.92 bits per heavy atom. The Kier molecular flexibility index (Phi) is 5.68. The van der Waals surface area contributed by atoms with Gasteiger partial charge in [-0.05, 0) is 18.4 Å². The average molecular weight is 342 g/mol. The van der Waals surface area contributed by atoms with E-state index in [9.17, 15) is 9.59 Å². The largest absolute Gasteiger partial charge is 0.354 e. The summed E-state index contributed by atoms with van der Waals surface area (Å²) < 4.78 is 0. The summed E-state index contributed by atoms with van der Waals surface area (Å²) in [5.74, 6) is 1.25. The maximum absolute atomic E-state index is 11.8. The number of imide groups is 1. The molecule has 1 atom stereocenters. The van der Waals surface area contributed by atoms with Crippen LogP contribution in [0, 0.1) is 0 Å². The molecule has 0 aromatic heterocycles. The third-order valence-electron chi connectivity index (χ3n) is 4.97. The number of rotatable bonds is 4. The summed E-state index contributed by atoms with van der Waals surface area (Å²) in [6.45, 7) is 2.84. The highest BCUT2D eigenvalue weighted by atomic mass is 16.2. The molecule has 25 heavy (non-hydrogen) atoms. The first-order valence-corrected chi connectivity index (χ1v) is 9.03. The van der Waals surface area contributed by atoms with Gasteiger partial charge in [0, 0.05) is 52.0 Å². The summed E-state index contributed by atoms with van der Waals surface area (Å²) in [6, 6.07) is 10.6. The van der Waals surface area contributed by atoms with Crippen molar-refractivity contribution in [1.29, 1.82) is 0 Å². The molecule has 2 amide bonds. The van der Waals surface area contributed by atoms with Gasteiger partial charge < -0.3 is 10.2 Å². The molecular weight excluding hydrogens is 316 g/mol. The second-order valence-corrected chi connectivity index (χ2v) is 6.61.